The molecule has 8 heteroatoms. The first-order valence-corrected chi connectivity index (χ1v) is 11.8. The average molecular weight is 463 g/mol. The Hall–Kier alpha value is -3.39. The Labute approximate surface area is 195 Å². The molecule has 0 saturated carbocycles. The number of halogens is 1. The first kappa shape index (κ1) is 21.5. The Morgan fingerprint density at radius 1 is 1.12 bits per heavy atom. The highest BCUT2D eigenvalue weighted by atomic mass is 32.1. The normalized spacial score (nSPS) is 16.2. The number of amides is 1. The number of carbonyl (C=O) groups excluding carboxylic acids is 1. The van der Waals surface area contributed by atoms with Gasteiger partial charge in [0.2, 0.25) is 5.89 Å². The number of nitrogens with zero attached hydrogens (tertiary/aromatic N) is 4. The van der Waals surface area contributed by atoms with Crippen molar-refractivity contribution in [2.24, 2.45) is 0 Å². The van der Waals surface area contributed by atoms with Crippen LogP contribution in [0.3, 0.4) is 0 Å². The van der Waals surface area contributed by atoms with Crippen LogP contribution in [0.15, 0.2) is 58.7 Å². The second kappa shape index (κ2) is 9.23. The standard InChI is InChI=1S/C25H23FN4O2S/c1-16-23(33-15-29-16)21-10-7-18(13-27-21)25(31)30-11-3-2-4-22(30)24-28-14-20(32-24)12-17-5-8-19(26)9-6-17/h5-10,13-15,22H,2-4,11-12H2,1H3/t22-/m1/s1. The maximum atomic E-state index is 13.3. The van der Waals surface area contributed by atoms with Gasteiger partial charge < -0.3 is 9.32 Å². The highest BCUT2D eigenvalue weighted by Gasteiger charge is 2.32. The van der Waals surface area contributed by atoms with Crippen molar-refractivity contribution in [1.82, 2.24) is 19.9 Å². The zero-order valence-electron chi connectivity index (χ0n) is 18.2. The van der Waals surface area contributed by atoms with E-state index in [0.29, 0.717) is 30.2 Å². The topological polar surface area (TPSA) is 72.1 Å². The van der Waals surface area contributed by atoms with Gasteiger partial charge in [-0.3, -0.25) is 9.78 Å². The molecule has 4 aromatic rings. The molecule has 0 radical (unpaired) electrons. The predicted molar refractivity (Wildman–Crippen MR) is 123 cm³/mol. The van der Waals surface area contributed by atoms with Crippen LogP contribution in [-0.2, 0) is 6.42 Å². The number of aryl methyl sites for hydroxylation is 1. The molecule has 5 rings (SSSR count). The molecule has 168 valence electrons. The summed E-state index contributed by atoms with van der Waals surface area (Å²) in [6.45, 7) is 2.60. The largest absolute Gasteiger partial charge is 0.443 e. The lowest BCUT2D eigenvalue weighted by Crippen LogP contribution is -2.38. The van der Waals surface area contributed by atoms with E-state index in [2.05, 4.69) is 15.0 Å². The monoisotopic (exact) mass is 462 g/mol. The molecule has 3 aromatic heterocycles. The molecule has 0 N–H and O–H groups in total. The summed E-state index contributed by atoms with van der Waals surface area (Å²) in [5, 5.41) is 0. The lowest BCUT2D eigenvalue weighted by Gasteiger charge is -2.33. The fourth-order valence-corrected chi connectivity index (χ4v) is 4.94. The van der Waals surface area contributed by atoms with E-state index in [1.54, 1.807) is 30.0 Å². The molecule has 1 aliphatic rings. The number of pyridine rings is 1. The third kappa shape index (κ3) is 4.57. The number of hydrogen-bond donors (Lipinski definition) is 0. The van der Waals surface area contributed by atoms with Crippen LogP contribution in [0.5, 0.6) is 0 Å². The number of rotatable bonds is 5. The number of hydrogen-bond acceptors (Lipinski definition) is 6. The van der Waals surface area contributed by atoms with Crippen molar-refractivity contribution < 1.29 is 13.6 Å². The van der Waals surface area contributed by atoms with Crippen molar-refractivity contribution in [3.63, 3.8) is 0 Å². The zero-order chi connectivity index (χ0) is 22.8. The van der Waals surface area contributed by atoms with Gasteiger partial charge in [-0.2, -0.15) is 0 Å². The van der Waals surface area contributed by atoms with Crippen molar-refractivity contribution in [2.45, 2.75) is 38.6 Å². The van der Waals surface area contributed by atoms with Crippen LogP contribution in [0.4, 0.5) is 4.39 Å². The van der Waals surface area contributed by atoms with Gasteiger partial charge in [-0.1, -0.05) is 12.1 Å². The first-order valence-electron chi connectivity index (χ1n) is 10.9. The van der Waals surface area contributed by atoms with E-state index in [0.717, 1.165) is 41.1 Å². The minimum absolute atomic E-state index is 0.0712. The molecule has 1 fully saturated rings. The summed E-state index contributed by atoms with van der Waals surface area (Å²) in [5.74, 6) is 0.904. The quantitative estimate of drug-likeness (QED) is 0.386. The summed E-state index contributed by atoms with van der Waals surface area (Å²) < 4.78 is 19.2. The molecule has 1 atom stereocenters. The molecular formula is C25H23FN4O2S. The second-order valence-electron chi connectivity index (χ2n) is 8.18. The van der Waals surface area contributed by atoms with E-state index in [1.807, 2.05) is 24.0 Å². The van der Waals surface area contributed by atoms with Crippen LogP contribution in [0, 0.1) is 12.7 Å². The predicted octanol–water partition coefficient (Wildman–Crippen LogP) is 5.60. The number of thiazole rings is 1. The molecule has 0 spiro atoms. The van der Waals surface area contributed by atoms with Gasteiger partial charge in [-0.25, -0.2) is 14.4 Å². The highest BCUT2D eigenvalue weighted by molar-refractivity contribution is 7.13. The summed E-state index contributed by atoms with van der Waals surface area (Å²) in [4.78, 5) is 29.5. The summed E-state index contributed by atoms with van der Waals surface area (Å²) in [7, 11) is 0. The third-order valence-corrected chi connectivity index (χ3v) is 6.85. The van der Waals surface area contributed by atoms with Gasteiger partial charge in [0.05, 0.1) is 33.5 Å². The van der Waals surface area contributed by atoms with Crippen molar-refractivity contribution in [3.05, 3.63) is 88.6 Å². The molecule has 1 aromatic carbocycles. The summed E-state index contributed by atoms with van der Waals surface area (Å²) in [5.41, 5.74) is 5.04. The molecule has 0 aliphatic carbocycles. The van der Waals surface area contributed by atoms with E-state index in [4.69, 9.17) is 4.42 Å². The first-order chi connectivity index (χ1) is 16.1. The molecule has 1 saturated heterocycles. The lowest BCUT2D eigenvalue weighted by molar-refractivity contribution is 0.0569. The Morgan fingerprint density at radius 2 is 1.97 bits per heavy atom. The number of carbonyl (C=O) groups is 1. The molecule has 0 unspecified atom stereocenters. The number of piperidine rings is 1. The Bertz CT molecular complexity index is 1250. The summed E-state index contributed by atoms with van der Waals surface area (Å²) in [6, 6.07) is 9.82. The maximum Gasteiger partial charge on any atom is 0.256 e. The SMILES string of the molecule is Cc1ncsc1-c1ccc(C(=O)N2CCCC[C@@H]2c2ncc(Cc3ccc(F)cc3)o2)cn1. The van der Waals surface area contributed by atoms with Gasteiger partial charge in [0.15, 0.2) is 0 Å². The zero-order valence-corrected chi connectivity index (χ0v) is 19.0. The lowest BCUT2D eigenvalue weighted by atomic mass is 10.0. The van der Waals surface area contributed by atoms with E-state index in [9.17, 15) is 9.18 Å². The van der Waals surface area contributed by atoms with E-state index >= 15 is 0 Å². The molecular weight excluding hydrogens is 439 g/mol. The van der Waals surface area contributed by atoms with Crippen molar-refractivity contribution in [1.29, 1.82) is 0 Å². The van der Waals surface area contributed by atoms with Gasteiger partial charge in [0, 0.05) is 19.2 Å². The van der Waals surface area contributed by atoms with Crippen molar-refractivity contribution in [3.8, 4) is 10.6 Å². The highest BCUT2D eigenvalue weighted by Crippen LogP contribution is 2.33. The van der Waals surface area contributed by atoms with Gasteiger partial charge in [0.1, 0.15) is 17.6 Å². The minimum atomic E-state index is -0.266. The van der Waals surface area contributed by atoms with Crippen molar-refractivity contribution in [2.75, 3.05) is 6.54 Å². The van der Waals surface area contributed by atoms with Gasteiger partial charge in [-0.15, -0.1) is 11.3 Å². The van der Waals surface area contributed by atoms with Crippen LogP contribution >= 0.6 is 11.3 Å². The molecule has 1 amide bonds. The number of oxazole rings is 1. The molecule has 6 nitrogen and oxygen atoms in total. The van der Waals surface area contributed by atoms with Crippen LogP contribution in [-0.4, -0.2) is 32.3 Å². The Balaban J connectivity index is 1.33. The molecule has 1 aliphatic heterocycles. The minimum Gasteiger partial charge on any atom is -0.443 e. The van der Waals surface area contributed by atoms with Crippen LogP contribution in [0.1, 0.15) is 58.6 Å². The molecule has 0 bridgehead atoms. The summed E-state index contributed by atoms with van der Waals surface area (Å²) in [6.07, 6.45) is 6.61. The maximum absolute atomic E-state index is 13.3. The van der Waals surface area contributed by atoms with Crippen LogP contribution < -0.4 is 0 Å². The second-order valence-corrected chi connectivity index (χ2v) is 9.03. The fraction of sp³-hybridized carbons (Fsp3) is 0.280. The Morgan fingerprint density at radius 3 is 2.70 bits per heavy atom. The fourth-order valence-electron chi connectivity index (χ4n) is 4.16. The molecule has 4 heterocycles. The number of likely N-dealkylation sites (tertiary alicyclic amines) is 1. The van der Waals surface area contributed by atoms with E-state index < -0.39 is 0 Å². The van der Waals surface area contributed by atoms with E-state index in [1.165, 1.54) is 23.5 Å². The third-order valence-electron chi connectivity index (χ3n) is 5.90. The van der Waals surface area contributed by atoms with Gasteiger partial charge >= 0.3 is 0 Å². The number of aromatic nitrogens is 3. The Kier molecular flexibility index (Phi) is 6.00. The van der Waals surface area contributed by atoms with E-state index in [-0.39, 0.29) is 17.8 Å². The average Bonchev–Trinajstić information content (AvgIpc) is 3.49. The molecule has 33 heavy (non-hydrogen) atoms. The summed E-state index contributed by atoms with van der Waals surface area (Å²) >= 11 is 1.54. The van der Waals surface area contributed by atoms with Gasteiger partial charge in [0.25, 0.3) is 5.91 Å². The van der Waals surface area contributed by atoms with Crippen LogP contribution in [0.25, 0.3) is 10.6 Å². The van der Waals surface area contributed by atoms with Crippen LogP contribution in [0.2, 0.25) is 0 Å². The van der Waals surface area contributed by atoms with Gasteiger partial charge in [-0.05, 0) is 56.0 Å². The van der Waals surface area contributed by atoms with Crippen molar-refractivity contribution >= 4 is 17.2 Å². The number of benzene rings is 1. The smallest absolute Gasteiger partial charge is 0.256 e.